The molecule has 0 fully saturated rings. The fourth-order valence-corrected chi connectivity index (χ4v) is 3.19. The Morgan fingerprint density at radius 2 is 1.81 bits per heavy atom. The van der Waals surface area contributed by atoms with Crippen LogP contribution >= 0.6 is 0 Å². The van der Waals surface area contributed by atoms with Gasteiger partial charge >= 0.3 is 0 Å². The van der Waals surface area contributed by atoms with Gasteiger partial charge in [-0.05, 0) is 51.5 Å². The van der Waals surface area contributed by atoms with Gasteiger partial charge in [0.25, 0.3) is 11.6 Å². The molecule has 2 aromatic rings. The number of amides is 1. The summed E-state index contributed by atoms with van der Waals surface area (Å²) in [5, 5.41) is 15.3. The van der Waals surface area contributed by atoms with Crippen molar-refractivity contribution in [2.45, 2.75) is 39.7 Å². The van der Waals surface area contributed by atoms with Crippen molar-refractivity contribution in [1.82, 2.24) is 10.2 Å². The highest BCUT2D eigenvalue weighted by Crippen LogP contribution is 2.27. The largest absolute Gasteiger partial charge is 0.350 e. The molecule has 140 valence electrons. The molecule has 6 nitrogen and oxygen atoms in total. The maximum absolute atomic E-state index is 12.7. The Bertz CT molecular complexity index is 772. The highest BCUT2D eigenvalue weighted by atomic mass is 16.6. The molecular weight excluding hydrogens is 330 g/mol. The molecule has 0 radical (unpaired) electrons. The number of benzene rings is 2. The van der Waals surface area contributed by atoms with Crippen molar-refractivity contribution in [2.75, 3.05) is 19.6 Å². The minimum atomic E-state index is -0.417. The molecule has 1 atom stereocenters. The molecular formula is C20H27N3O3. The summed E-state index contributed by atoms with van der Waals surface area (Å²) in [6.45, 7) is 9.38. The van der Waals surface area contributed by atoms with E-state index in [1.807, 2.05) is 6.92 Å². The Morgan fingerprint density at radius 3 is 2.46 bits per heavy atom. The molecule has 2 rings (SSSR count). The zero-order chi connectivity index (χ0) is 19.1. The van der Waals surface area contributed by atoms with Crippen LogP contribution in [0.5, 0.6) is 0 Å². The van der Waals surface area contributed by atoms with Crippen LogP contribution in [0.2, 0.25) is 0 Å². The van der Waals surface area contributed by atoms with E-state index in [2.05, 4.69) is 24.1 Å². The lowest BCUT2D eigenvalue weighted by Crippen LogP contribution is -2.33. The Kier molecular flexibility index (Phi) is 7.09. The summed E-state index contributed by atoms with van der Waals surface area (Å²) in [6.07, 6.45) is 1.91. The molecule has 0 saturated heterocycles. The van der Waals surface area contributed by atoms with Crippen LogP contribution in [0.15, 0.2) is 36.4 Å². The van der Waals surface area contributed by atoms with E-state index in [4.69, 9.17) is 0 Å². The van der Waals surface area contributed by atoms with Crippen LogP contribution in [0.1, 0.15) is 44.0 Å². The number of nitro groups is 1. The summed E-state index contributed by atoms with van der Waals surface area (Å²) in [5.74, 6) is -0.188. The molecule has 0 aliphatic rings. The van der Waals surface area contributed by atoms with Crippen molar-refractivity contribution in [2.24, 2.45) is 0 Å². The molecule has 0 aliphatic heterocycles. The molecule has 0 aromatic heterocycles. The number of nitro benzene ring substituents is 1. The molecule has 1 N–H and O–H groups in total. The highest BCUT2D eigenvalue weighted by molar-refractivity contribution is 6.09. The third-order valence-corrected chi connectivity index (χ3v) is 4.72. The Balaban J connectivity index is 2.08. The average Bonchev–Trinajstić information content (AvgIpc) is 2.64. The van der Waals surface area contributed by atoms with Gasteiger partial charge in [0.15, 0.2) is 0 Å². The van der Waals surface area contributed by atoms with Gasteiger partial charge in [-0.3, -0.25) is 14.9 Å². The van der Waals surface area contributed by atoms with Crippen LogP contribution < -0.4 is 5.32 Å². The van der Waals surface area contributed by atoms with Gasteiger partial charge in [-0.1, -0.05) is 32.0 Å². The van der Waals surface area contributed by atoms with Crippen LogP contribution in [0.3, 0.4) is 0 Å². The van der Waals surface area contributed by atoms with E-state index in [1.54, 1.807) is 30.3 Å². The highest BCUT2D eigenvalue weighted by Gasteiger charge is 2.17. The van der Waals surface area contributed by atoms with E-state index in [-0.39, 0.29) is 17.6 Å². The van der Waals surface area contributed by atoms with E-state index in [0.717, 1.165) is 32.5 Å². The molecule has 0 saturated carbocycles. The van der Waals surface area contributed by atoms with Gasteiger partial charge in [-0.15, -0.1) is 0 Å². The fraction of sp³-hybridized carbons (Fsp3) is 0.450. The Hall–Kier alpha value is -2.47. The lowest BCUT2D eigenvalue weighted by Gasteiger charge is -2.20. The molecule has 0 aliphatic carbocycles. The van der Waals surface area contributed by atoms with E-state index in [0.29, 0.717) is 16.3 Å². The number of rotatable bonds is 9. The molecule has 1 amide bonds. The standard InChI is InChI=1S/C20H27N3O3/c1-4-22(5-2)14-8-9-15(3)21-20(24)18-12-6-11-17-16(18)10-7-13-19(17)23(25)26/h6-7,10-13,15H,4-5,8-9,14H2,1-3H3,(H,21,24)/t15-/m0/s1. The zero-order valence-electron chi connectivity index (χ0n) is 15.7. The summed E-state index contributed by atoms with van der Waals surface area (Å²) in [5.41, 5.74) is 0.492. The topological polar surface area (TPSA) is 75.5 Å². The van der Waals surface area contributed by atoms with E-state index in [9.17, 15) is 14.9 Å². The average molecular weight is 357 g/mol. The monoisotopic (exact) mass is 357 g/mol. The first kappa shape index (κ1) is 19.8. The number of hydrogen-bond donors (Lipinski definition) is 1. The number of fused-ring (bicyclic) bond motifs is 1. The molecule has 0 bridgehead atoms. The molecule has 26 heavy (non-hydrogen) atoms. The van der Waals surface area contributed by atoms with Gasteiger partial charge in [0.2, 0.25) is 0 Å². The fourth-order valence-electron chi connectivity index (χ4n) is 3.19. The summed E-state index contributed by atoms with van der Waals surface area (Å²) < 4.78 is 0. The van der Waals surface area contributed by atoms with Crippen LogP contribution in [0, 0.1) is 10.1 Å². The predicted molar refractivity (Wildman–Crippen MR) is 105 cm³/mol. The smallest absolute Gasteiger partial charge is 0.277 e. The second kappa shape index (κ2) is 9.29. The number of carbonyl (C=O) groups excluding carboxylic acids is 1. The van der Waals surface area contributed by atoms with E-state index >= 15 is 0 Å². The van der Waals surface area contributed by atoms with Crippen LogP contribution in [-0.4, -0.2) is 41.4 Å². The summed E-state index contributed by atoms with van der Waals surface area (Å²) in [6, 6.07) is 9.95. The Labute approximate surface area is 154 Å². The first-order valence-electron chi connectivity index (χ1n) is 9.17. The van der Waals surface area contributed by atoms with Crippen molar-refractivity contribution in [3.05, 3.63) is 52.1 Å². The summed E-state index contributed by atoms with van der Waals surface area (Å²) in [4.78, 5) is 25.8. The number of carbonyl (C=O) groups is 1. The molecule has 0 heterocycles. The number of non-ortho nitro benzene ring substituents is 1. The molecule has 6 heteroatoms. The van der Waals surface area contributed by atoms with Gasteiger partial charge in [0.05, 0.1) is 10.3 Å². The number of nitrogens with zero attached hydrogens (tertiary/aromatic N) is 2. The maximum atomic E-state index is 12.7. The zero-order valence-corrected chi connectivity index (χ0v) is 15.7. The third-order valence-electron chi connectivity index (χ3n) is 4.72. The quantitative estimate of drug-likeness (QED) is 0.544. The van der Waals surface area contributed by atoms with Gasteiger partial charge in [-0.2, -0.15) is 0 Å². The minimum absolute atomic E-state index is 0.0180. The summed E-state index contributed by atoms with van der Waals surface area (Å²) in [7, 11) is 0. The number of hydrogen-bond acceptors (Lipinski definition) is 4. The van der Waals surface area contributed by atoms with Crippen molar-refractivity contribution in [3.63, 3.8) is 0 Å². The maximum Gasteiger partial charge on any atom is 0.277 e. The lowest BCUT2D eigenvalue weighted by atomic mass is 10.0. The van der Waals surface area contributed by atoms with Crippen LogP contribution in [-0.2, 0) is 0 Å². The van der Waals surface area contributed by atoms with Gasteiger partial charge in [-0.25, -0.2) is 0 Å². The number of nitrogens with one attached hydrogen (secondary N) is 1. The summed E-state index contributed by atoms with van der Waals surface area (Å²) >= 11 is 0. The van der Waals surface area contributed by atoms with E-state index in [1.165, 1.54) is 6.07 Å². The van der Waals surface area contributed by atoms with Crippen molar-refractivity contribution in [1.29, 1.82) is 0 Å². The Morgan fingerprint density at radius 1 is 1.15 bits per heavy atom. The second-order valence-corrected chi connectivity index (χ2v) is 6.48. The lowest BCUT2D eigenvalue weighted by molar-refractivity contribution is -0.383. The van der Waals surface area contributed by atoms with Gasteiger partial charge in [0, 0.05) is 23.1 Å². The van der Waals surface area contributed by atoms with Gasteiger partial charge < -0.3 is 10.2 Å². The second-order valence-electron chi connectivity index (χ2n) is 6.48. The third kappa shape index (κ3) is 4.79. The molecule has 0 unspecified atom stereocenters. The SMILES string of the molecule is CCN(CC)CCC[C@H](C)NC(=O)c1cccc2c([N+](=O)[O-])cccc12. The first-order valence-corrected chi connectivity index (χ1v) is 9.17. The van der Waals surface area contributed by atoms with Crippen LogP contribution in [0.25, 0.3) is 10.8 Å². The minimum Gasteiger partial charge on any atom is -0.350 e. The van der Waals surface area contributed by atoms with Crippen molar-refractivity contribution < 1.29 is 9.72 Å². The normalized spacial score (nSPS) is 12.3. The van der Waals surface area contributed by atoms with Crippen LogP contribution in [0.4, 0.5) is 5.69 Å². The molecule has 2 aromatic carbocycles. The van der Waals surface area contributed by atoms with Gasteiger partial charge in [0.1, 0.15) is 0 Å². The molecule has 0 spiro atoms. The van der Waals surface area contributed by atoms with Crippen molar-refractivity contribution in [3.8, 4) is 0 Å². The predicted octanol–water partition coefficient (Wildman–Crippen LogP) is 3.99. The van der Waals surface area contributed by atoms with Crippen molar-refractivity contribution >= 4 is 22.4 Å². The van der Waals surface area contributed by atoms with E-state index < -0.39 is 4.92 Å². The first-order chi connectivity index (χ1) is 12.5.